The molecule has 38 heavy (non-hydrogen) atoms. The fraction of sp³-hybridized carbons (Fsp3) is 0.214. The van der Waals surface area contributed by atoms with Crippen LogP contribution < -0.4 is 19.5 Å². The first kappa shape index (κ1) is 26.9. The van der Waals surface area contributed by atoms with Gasteiger partial charge in [-0.2, -0.15) is 0 Å². The fourth-order valence-electron chi connectivity index (χ4n) is 4.15. The number of ether oxygens (including phenoxy) is 2. The number of ketones is 1. The van der Waals surface area contributed by atoms with Crippen molar-refractivity contribution in [3.05, 3.63) is 89.5 Å². The molecule has 3 aromatic rings. The van der Waals surface area contributed by atoms with Crippen molar-refractivity contribution >= 4 is 33.2 Å². The number of carbonyl (C=O) groups is 2. The number of aliphatic hydroxyl groups excluding tert-OH is 1. The molecule has 1 unspecified atom stereocenters. The maximum atomic E-state index is 13.3. The van der Waals surface area contributed by atoms with Crippen molar-refractivity contribution in [2.24, 2.45) is 11.1 Å². The average molecular weight is 537 g/mol. The molecule has 0 aromatic heterocycles. The molecule has 1 aliphatic heterocycles. The van der Waals surface area contributed by atoms with E-state index in [4.69, 9.17) is 14.6 Å². The highest BCUT2D eigenvalue weighted by Crippen LogP contribution is 2.43. The van der Waals surface area contributed by atoms with E-state index in [1.54, 1.807) is 48.5 Å². The summed E-state index contributed by atoms with van der Waals surface area (Å²) in [6.45, 7) is 4.58. The number of hydrogen-bond donors (Lipinski definition) is 2. The minimum atomic E-state index is -3.96. The van der Waals surface area contributed by atoms with Crippen LogP contribution in [0.25, 0.3) is 5.76 Å². The number of anilines is 1. The Morgan fingerprint density at radius 3 is 2.24 bits per heavy atom. The Bertz CT molecular complexity index is 1490. The molecule has 0 radical (unpaired) electrons. The Kier molecular flexibility index (Phi) is 7.56. The van der Waals surface area contributed by atoms with Gasteiger partial charge in [0.25, 0.3) is 11.7 Å². The van der Waals surface area contributed by atoms with Crippen LogP contribution >= 0.6 is 0 Å². The third kappa shape index (κ3) is 5.41. The Hall–Kier alpha value is -4.15. The zero-order valence-electron chi connectivity index (χ0n) is 21.1. The van der Waals surface area contributed by atoms with E-state index < -0.39 is 27.8 Å². The molecule has 0 spiro atoms. The highest BCUT2D eigenvalue weighted by Gasteiger charge is 2.47. The van der Waals surface area contributed by atoms with Crippen LogP contribution in [0.2, 0.25) is 0 Å². The molecule has 1 amide bonds. The lowest BCUT2D eigenvalue weighted by Gasteiger charge is -2.26. The summed E-state index contributed by atoms with van der Waals surface area (Å²) < 4.78 is 34.5. The first-order valence-electron chi connectivity index (χ1n) is 11.8. The van der Waals surface area contributed by atoms with Crippen LogP contribution in [0.1, 0.15) is 31.0 Å². The van der Waals surface area contributed by atoms with E-state index in [0.29, 0.717) is 35.2 Å². The van der Waals surface area contributed by atoms with Gasteiger partial charge in [0.15, 0.2) is 0 Å². The van der Waals surface area contributed by atoms with Crippen molar-refractivity contribution in [1.82, 2.24) is 0 Å². The van der Waals surface area contributed by atoms with Crippen molar-refractivity contribution in [2.45, 2.75) is 24.8 Å². The summed E-state index contributed by atoms with van der Waals surface area (Å²) in [5.41, 5.74) is 0.980. The molecule has 3 aromatic carbocycles. The van der Waals surface area contributed by atoms with Crippen molar-refractivity contribution in [3.63, 3.8) is 0 Å². The molecule has 1 saturated heterocycles. The van der Waals surface area contributed by atoms with Crippen molar-refractivity contribution in [3.8, 4) is 11.5 Å². The molecule has 1 heterocycles. The van der Waals surface area contributed by atoms with Gasteiger partial charge in [0.05, 0.1) is 30.2 Å². The van der Waals surface area contributed by atoms with E-state index in [1.807, 2.05) is 13.8 Å². The minimum absolute atomic E-state index is 0.116. The molecule has 0 aliphatic carbocycles. The lowest BCUT2D eigenvalue weighted by molar-refractivity contribution is -0.132. The number of nitrogens with two attached hydrogens (primary N) is 1. The molecule has 10 heteroatoms. The third-order valence-corrected chi connectivity index (χ3v) is 6.94. The van der Waals surface area contributed by atoms with Crippen LogP contribution in [0.3, 0.4) is 0 Å². The van der Waals surface area contributed by atoms with E-state index in [1.165, 1.54) is 36.3 Å². The molecule has 1 aliphatic rings. The zero-order chi connectivity index (χ0) is 27.6. The molecule has 0 saturated carbocycles. The number of nitrogens with zero attached hydrogens (tertiary/aromatic N) is 1. The van der Waals surface area contributed by atoms with E-state index in [2.05, 4.69) is 0 Å². The van der Waals surface area contributed by atoms with Gasteiger partial charge in [0.1, 0.15) is 17.3 Å². The summed E-state index contributed by atoms with van der Waals surface area (Å²) >= 11 is 0. The number of aliphatic hydroxyl groups is 1. The number of carbonyl (C=O) groups excluding carboxylic acids is 2. The minimum Gasteiger partial charge on any atom is -0.507 e. The molecule has 9 nitrogen and oxygen atoms in total. The molecule has 0 bridgehead atoms. The Morgan fingerprint density at radius 2 is 1.66 bits per heavy atom. The number of amides is 1. The lowest BCUT2D eigenvalue weighted by Crippen LogP contribution is -2.29. The number of Topliss-reactive ketones (excluding diaryl/α,β-unsaturated/α-hetero) is 1. The Labute approximate surface area is 221 Å². The lowest BCUT2D eigenvalue weighted by atomic mass is 9.95. The maximum Gasteiger partial charge on any atom is 0.300 e. The van der Waals surface area contributed by atoms with Gasteiger partial charge in [-0.3, -0.25) is 14.5 Å². The topological polar surface area (TPSA) is 136 Å². The first-order chi connectivity index (χ1) is 18.0. The predicted molar refractivity (Wildman–Crippen MR) is 142 cm³/mol. The van der Waals surface area contributed by atoms with Crippen LogP contribution in [0, 0.1) is 5.92 Å². The van der Waals surface area contributed by atoms with E-state index in [-0.39, 0.29) is 21.9 Å². The molecule has 4 rings (SSSR count). The van der Waals surface area contributed by atoms with Gasteiger partial charge < -0.3 is 14.6 Å². The summed E-state index contributed by atoms with van der Waals surface area (Å²) in [4.78, 5) is 27.7. The summed E-state index contributed by atoms with van der Waals surface area (Å²) in [6, 6.07) is 17.7. The third-order valence-electron chi connectivity index (χ3n) is 6.01. The van der Waals surface area contributed by atoms with Gasteiger partial charge in [-0.25, -0.2) is 13.6 Å². The van der Waals surface area contributed by atoms with Gasteiger partial charge in [0.2, 0.25) is 10.0 Å². The van der Waals surface area contributed by atoms with Crippen molar-refractivity contribution in [1.29, 1.82) is 0 Å². The van der Waals surface area contributed by atoms with Gasteiger partial charge in [-0.1, -0.05) is 26.0 Å². The largest absolute Gasteiger partial charge is 0.507 e. The van der Waals surface area contributed by atoms with Crippen LogP contribution in [-0.4, -0.2) is 38.9 Å². The molecular formula is C28H28N2O7S. The standard InChI is InChI=1S/C28H28N2O7S/c1-17(2)16-37-21-11-7-18(8-12-21)26(31)24-25(19-5-4-6-22(15-19)36-3)30(28(33)27(24)32)20-9-13-23(14-10-20)38(29,34)35/h4-15,17,25,31H,16H2,1-3H3,(H2,29,34,35)/b26-24+. The quantitative estimate of drug-likeness (QED) is 0.252. The Balaban J connectivity index is 1.84. The predicted octanol–water partition coefficient (Wildman–Crippen LogP) is 4.00. The van der Waals surface area contributed by atoms with Crippen molar-refractivity contribution in [2.75, 3.05) is 18.6 Å². The SMILES string of the molecule is COc1cccc(C2/C(=C(\O)c3ccc(OCC(C)C)cc3)C(=O)C(=O)N2c2ccc(S(N)(=O)=O)cc2)c1. The number of methoxy groups -OCH3 is 1. The number of rotatable bonds is 8. The molecule has 1 fully saturated rings. The second kappa shape index (κ2) is 10.7. The van der Waals surface area contributed by atoms with Crippen LogP contribution in [0.4, 0.5) is 5.69 Å². The zero-order valence-corrected chi connectivity index (χ0v) is 21.9. The highest BCUT2D eigenvalue weighted by molar-refractivity contribution is 7.89. The molecule has 1 atom stereocenters. The summed E-state index contributed by atoms with van der Waals surface area (Å²) in [5, 5.41) is 16.5. The first-order valence-corrected chi connectivity index (χ1v) is 13.4. The van der Waals surface area contributed by atoms with Crippen molar-refractivity contribution < 1.29 is 32.6 Å². The Morgan fingerprint density at radius 1 is 1.00 bits per heavy atom. The second-order valence-corrected chi connectivity index (χ2v) is 10.8. The van der Waals surface area contributed by atoms with Gasteiger partial charge in [-0.05, 0) is 72.1 Å². The normalized spacial score (nSPS) is 17.2. The monoisotopic (exact) mass is 536 g/mol. The number of primary sulfonamides is 1. The average Bonchev–Trinajstić information content (AvgIpc) is 3.17. The number of hydrogen-bond acceptors (Lipinski definition) is 7. The van der Waals surface area contributed by atoms with Crippen LogP contribution in [0.5, 0.6) is 11.5 Å². The highest BCUT2D eigenvalue weighted by atomic mass is 32.2. The number of benzene rings is 3. The smallest absolute Gasteiger partial charge is 0.300 e. The second-order valence-electron chi connectivity index (χ2n) is 9.21. The fourth-order valence-corrected chi connectivity index (χ4v) is 4.67. The molecule has 198 valence electrons. The number of sulfonamides is 1. The molecular weight excluding hydrogens is 508 g/mol. The summed E-state index contributed by atoms with van der Waals surface area (Å²) in [7, 11) is -2.47. The van der Waals surface area contributed by atoms with E-state index in [9.17, 15) is 23.1 Å². The maximum absolute atomic E-state index is 13.3. The van der Waals surface area contributed by atoms with Crippen LogP contribution in [-0.2, 0) is 19.6 Å². The van der Waals surface area contributed by atoms with E-state index in [0.717, 1.165) is 0 Å². The molecule has 3 N–H and O–H groups in total. The van der Waals surface area contributed by atoms with Gasteiger partial charge in [-0.15, -0.1) is 0 Å². The summed E-state index contributed by atoms with van der Waals surface area (Å²) in [5.74, 6) is -0.680. The summed E-state index contributed by atoms with van der Waals surface area (Å²) in [6.07, 6.45) is 0. The van der Waals surface area contributed by atoms with Crippen LogP contribution in [0.15, 0.2) is 83.3 Å². The van der Waals surface area contributed by atoms with Gasteiger partial charge >= 0.3 is 0 Å². The van der Waals surface area contributed by atoms with Gasteiger partial charge in [0, 0.05) is 11.3 Å². The van der Waals surface area contributed by atoms with E-state index >= 15 is 0 Å².